The fraction of sp³-hybridized carbons (Fsp3) is 0.619. The van der Waals surface area contributed by atoms with Gasteiger partial charge in [-0.1, -0.05) is 18.2 Å². The van der Waals surface area contributed by atoms with E-state index >= 15 is 0 Å². The lowest BCUT2D eigenvalue weighted by molar-refractivity contribution is -0.132. The van der Waals surface area contributed by atoms with Crippen molar-refractivity contribution >= 4 is 11.8 Å². The molecule has 0 heterocycles. The molecule has 0 radical (unpaired) electrons. The molecule has 5 nitrogen and oxygen atoms in total. The fourth-order valence-electron chi connectivity index (χ4n) is 5.85. The summed E-state index contributed by atoms with van der Waals surface area (Å²) in [6.45, 7) is 0.369. The Balaban J connectivity index is 1.29. The second-order valence-electron chi connectivity index (χ2n) is 8.51. The maximum atomic E-state index is 12.5. The SMILES string of the molecule is COc1ccccc1CNC(=O)CC(=O)NC12CC3CC(CC(C3)C1)C2. The first-order chi connectivity index (χ1) is 12.5. The number of amides is 2. The van der Waals surface area contributed by atoms with Crippen LogP contribution in [0.5, 0.6) is 5.75 Å². The van der Waals surface area contributed by atoms with Crippen molar-refractivity contribution in [3.8, 4) is 5.75 Å². The largest absolute Gasteiger partial charge is 0.496 e. The Hall–Kier alpha value is -2.04. The summed E-state index contributed by atoms with van der Waals surface area (Å²) in [5, 5.41) is 6.08. The van der Waals surface area contributed by atoms with E-state index in [0.29, 0.717) is 6.54 Å². The number of rotatable bonds is 6. The first-order valence-corrected chi connectivity index (χ1v) is 9.75. The van der Waals surface area contributed by atoms with Gasteiger partial charge in [0.1, 0.15) is 12.2 Å². The zero-order valence-electron chi connectivity index (χ0n) is 15.4. The van der Waals surface area contributed by atoms with Gasteiger partial charge in [-0.3, -0.25) is 9.59 Å². The molecule has 2 amide bonds. The third kappa shape index (κ3) is 3.57. The lowest BCUT2D eigenvalue weighted by Gasteiger charge is -2.56. The molecule has 4 saturated carbocycles. The van der Waals surface area contributed by atoms with E-state index in [1.807, 2.05) is 24.3 Å². The average molecular weight is 356 g/mol. The van der Waals surface area contributed by atoms with Crippen LogP contribution in [0.15, 0.2) is 24.3 Å². The van der Waals surface area contributed by atoms with Gasteiger partial charge in [0.15, 0.2) is 0 Å². The summed E-state index contributed by atoms with van der Waals surface area (Å²) in [6.07, 6.45) is 7.24. The maximum Gasteiger partial charge on any atom is 0.229 e. The number of hydrogen-bond acceptors (Lipinski definition) is 3. The van der Waals surface area contributed by atoms with Crippen LogP contribution in [0, 0.1) is 17.8 Å². The molecule has 0 aliphatic heterocycles. The minimum atomic E-state index is -0.238. The van der Waals surface area contributed by atoms with Gasteiger partial charge < -0.3 is 15.4 Å². The van der Waals surface area contributed by atoms with Gasteiger partial charge in [0.2, 0.25) is 11.8 Å². The van der Waals surface area contributed by atoms with E-state index in [1.165, 1.54) is 19.3 Å². The molecule has 5 rings (SSSR count). The van der Waals surface area contributed by atoms with Gasteiger partial charge in [-0.05, 0) is 62.3 Å². The van der Waals surface area contributed by atoms with E-state index in [9.17, 15) is 9.59 Å². The van der Waals surface area contributed by atoms with Crippen molar-refractivity contribution in [1.29, 1.82) is 0 Å². The van der Waals surface area contributed by atoms with Gasteiger partial charge in [-0.15, -0.1) is 0 Å². The van der Waals surface area contributed by atoms with Crippen molar-refractivity contribution in [2.45, 2.75) is 57.0 Å². The van der Waals surface area contributed by atoms with Crippen LogP contribution in [0.1, 0.15) is 50.5 Å². The minimum Gasteiger partial charge on any atom is -0.496 e. The van der Waals surface area contributed by atoms with Crippen LogP contribution in [-0.4, -0.2) is 24.5 Å². The van der Waals surface area contributed by atoms with Crippen molar-refractivity contribution in [3.05, 3.63) is 29.8 Å². The normalized spacial score (nSPS) is 31.5. The Morgan fingerprint density at radius 1 is 1.04 bits per heavy atom. The van der Waals surface area contributed by atoms with Crippen molar-refractivity contribution in [2.75, 3.05) is 7.11 Å². The molecule has 4 bridgehead atoms. The third-order valence-electron chi connectivity index (χ3n) is 6.43. The molecular formula is C21H28N2O3. The molecule has 1 aromatic carbocycles. The van der Waals surface area contributed by atoms with E-state index in [4.69, 9.17) is 4.74 Å². The summed E-state index contributed by atoms with van der Waals surface area (Å²) in [4.78, 5) is 24.7. The van der Waals surface area contributed by atoms with Crippen LogP contribution < -0.4 is 15.4 Å². The molecule has 4 aliphatic carbocycles. The van der Waals surface area contributed by atoms with Gasteiger partial charge in [0, 0.05) is 17.6 Å². The molecule has 0 atom stereocenters. The molecule has 0 spiro atoms. The van der Waals surface area contributed by atoms with Crippen molar-refractivity contribution < 1.29 is 14.3 Å². The number of carbonyl (C=O) groups excluding carboxylic acids is 2. The van der Waals surface area contributed by atoms with E-state index in [2.05, 4.69) is 10.6 Å². The van der Waals surface area contributed by atoms with Gasteiger partial charge in [0.05, 0.1) is 7.11 Å². The molecule has 2 N–H and O–H groups in total. The highest BCUT2D eigenvalue weighted by Crippen LogP contribution is 2.55. The first-order valence-electron chi connectivity index (χ1n) is 9.75. The monoisotopic (exact) mass is 356 g/mol. The van der Waals surface area contributed by atoms with Crippen molar-refractivity contribution in [1.82, 2.24) is 10.6 Å². The van der Waals surface area contributed by atoms with E-state index in [0.717, 1.165) is 48.3 Å². The maximum absolute atomic E-state index is 12.5. The summed E-state index contributed by atoms with van der Waals surface area (Å²) < 4.78 is 5.29. The van der Waals surface area contributed by atoms with E-state index in [1.54, 1.807) is 7.11 Å². The lowest BCUT2D eigenvalue weighted by atomic mass is 9.53. The number of hydrogen-bond donors (Lipinski definition) is 2. The summed E-state index contributed by atoms with van der Waals surface area (Å²) in [5.41, 5.74) is 0.874. The predicted molar refractivity (Wildman–Crippen MR) is 98.5 cm³/mol. The zero-order valence-corrected chi connectivity index (χ0v) is 15.4. The third-order valence-corrected chi connectivity index (χ3v) is 6.43. The Morgan fingerprint density at radius 3 is 2.27 bits per heavy atom. The number of methoxy groups -OCH3 is 1. The highest BCUT2D eigenvalue weighted by Gasteiger charge is 2.51. The minimum absolute atomic E-state index is 0.0330. The zero-order chi connectivity index (χ0) is 18.1. The number of carbonyl (C=O) groups is 2. The highest BCUT2D eigenvalue weighted by atomic mass is 16.5. The van der Waals surface area contributed by atoms with Crippen molar-refractivity contribution in [2.24, 2.45) is 17.8 Å². The van der Waals surface area contributed by atoms with Crippen LogP contribution in [0.3, 0.4) is 0 Å². The number of benzene rings is 1. The second-order valence-corrected chi connectivity index (χ2v) is 8.51. The van der Waals surface area contributed by atoms with Crippen LogP contribution in [0.25, 0.3) is 0 Å². The van der Waals surface area contributed by atoms with Crippen LogP contribution in [0.2, 0.25) is 0 Å². The van der Waals surface area contributed by atoms with Gasteiger partial charge >= 0.3 is 0 Å². The molecule has 140 valence electrons. The smallest absolute Gasteiger partial charge is 0.229 e. The quantitative estimate of drug-likeness (QED) is 0.770. The summed E-state index contributed by atoms with van der Waals surface area (Å²) >= 11 is 0. The van der Waals surface area contributed by atoms with Crippen molar-refractivity contribution in [3.63, 3.8) is 0 Å². The summed E-state index contributed by atoms with van der Waals surface area (Å²) in [6, 6.07) is 7.57. The molecule has 0 unspecified atom stereocenters. The van der Waals surface area contributed by atoms with E-state index < -0.39 is 0 Å². The standard InChI is InChI=1S/C21H28N2O3/c1-26-18-5-3-2-4-17(18)13-22-19(24)9-20(25)23-21-10-14-6-15(11-21)8-16(7-14)12-21/h2-5,14-16H,6-13H2,1H3,(H,22,24)(H,23,25). The Labute approximate surface area is 154 Å². The molecule has 26 heavy (non-hydrogen) atoms. The molecule has 1 aromatic rings. The van der Waals surface area contributed by atoms with Gasteiger partial charge in [0.25, 0.3) is 0 Å². The predicted octanol–water partition coefficient (Wildman–Crippen LogP) is 2.79. The van der Waals surface area contributed by atoms with Gasteiger partial charge in [-0.25, -0.2) is 0 Å². The summed E-state index contributed by atoms with van der Waals surface area (Å²) in [7, 11) is 1.61. The first kappa shape index (κ1) is 17.4. The van der Waals surface area contributed by atoms with E-state index in [-0.39, 0.29) is 23.8 Å². The number of para-hydroxylation sites is 1. The molecule has 4 fully saturated rings. The van der Waals surface area contributed by atoms with Crippen LogP contribution >= 0.6 is 0 Å². The second kappa shape index (κ2) is 6.93. The summed E-state index contributed by atoms with van der Waals surface area (Å²) in [5.74, 6) is 2.70. The molecule has 4 aliphatic rings. The molecule has 5 heteroatoms. The fourth-order valence-corrected chi connectivity index (χ4v) is 5.85. The molecule has 0 saturated heterocycles. The Kier molecular flexibility index (Phi) is 4.63. The molecule has 0 aromatic heterocycles. The molecular weight excluding hydrogens is 328 g/mol. The Bertz CT molecular complexity index is 665. The van der Waals surface area contributed by atoms with Crippen LogP contribution in [-0.2, 0) is 16.1 Å². The number of ether oxygens (including phenoxy) is 1. The lowest BCUT2D eigenvalue weighted by Crippen LogP contribution is -2.60. The Morgan fingerprint density at radius 2 is 1.65 bits per heavy atom. The van der Waals surface area contributed by atoms with Gasteiger partial charge in [-0.2, -0.15) is 0 Å². The number of nitrogens with one attached hydrogen (secondary N) is 2. The topological polar surface area (TPSA) is 67.4 Å². The van der Waals surface area contributed by atoms with Crippen LogP contribution in [0.4, 0.5) is 0 Å². The highest BCUT2D eigenvalue weighted by molar-refractivity contribution is 5.97. The average Bonchev–Trinajstić information content (AvgIpc) is 2.58.